The van der Waals surface area contributed by atoms with Crippen molar-refractivity contribution in [3.05, 3.63) is 0 Å². The molecule has 0 aromatic rings. The van der Waals surface area contributed by atoms with Gasteiger partial charge >= 0.3 is 0 Å². The van der Waals surface area contributed by atoms with E-state index in [1.165, 1.54) is 0 Å². The molecule has 4 unspecified atom stereocenters. The molecule has 2 aliphatic heterocycles. The normalized spacial score (nSPS) is 42.8. The Hall–Kier alpha value is -0.210. The summed E-state index contributed by atoms with van der Waals surface area (Å²) >= 11 is 0. The second-order valence-electron chi connectivity index (χ2n) is 4.92. The van der Waals surface area contributed by atoms with Gasteiger partial charge in [-0.05, 0) is 6.92 Å². The third-order valence-electron chi connectivity index (χ3n) is 3.32. The van der Waals surface area contributed by atoms with E-state index in [0.29, 0.717) is 13.1 Å². The largest absolute Gasteiger partial charge is 0.394 e. The Balaban J connectivity index is 2.07. The Morgan fingerprint density at radius 3 is 2.59 bits per heavy atom. The van der Waals surface area contributed by atoms with Gasteiger partial charge in [-0.3, -0.25) is 4.90 Å². The predicted octanol–water partition coefficient (Wildman–Crippen LogP) is -1.77. The summed E-state index contributed by atoms with van der Waals surface area (Å²) in [7, 11) is -3.13. The second-order valence-corrected chi connectivity index (χ2v) is 7.07. The van der Waals surface area contributed by atoms with E-state index in [4.69, 9.17) is 9.84 Å². The van der Waals surface area contributed by atoms with Crippen LogP contribution in [0.2, 0.25) is 0 Å². The van der Waals surface area contributed by atoms with Gasteiger partial charge in [-0.2, -0.15) is 0 Å². The summed E-state index contributed by atoms with van der Waals surface area (Å²) in [5, 5.41) is 18.9. The van der Waals surface area contributed by atoms with Crippen LogP contribution in [0.15, 0.2) is 0 Å². The lowest BCUT2D eigenvalue weighted by Gasteiger charge is -2.39. The lowest BCUT2D eigenvalue weighted by Crippen LogP contribution is -2.55. The fourth-order valence-corrected chi connectivity index (χ4v) is 4.44. The van der Waals surface area contributed by atoms with Crippen molar-refractivity contribution in [3.63, 3.8) is 0 Å². The Bertz CT molecular complexity index is 371. The summed E-state index contributed by atoms with van der Waals surface area (Å²) in [6.07, 6.45) is -1.18. The molecule has 0 saturated carbocycles. The molecular formula is C10H19NO5S. The minimum absolute atomic E-state index is 0.000957. The molecule has 2 fully saturated rings. The number of ether oxygens (including phenoxy) is 1. The van der Waals surface area contributed by atoms with Crippen molar-refractivity contribution in [1.29, 1.82) is 0 Å². The number of aliphatic hydroxyl groups excluding tert-OH is 2. The molecule has 7 heteroatoms. The molecule has 100 valence electrons. The minimum Gasteiger partial charge on any atom is -0.394 e. The number of aliphatic hydroxyl groups is 2. The van der Waals surface area contributed by atoms with Gasteiger partial charge in [0.25, 0.3) is 0 Å². The number of morpholine rings is 1. The number of hydrogen-bond acceptors (Lipinski definition) is 6. The van der Waals surface area contributed by atoms with Crippen LogP contribution in [-0.4, -0.2) is 79.1 Å². The van der Waals surface area contributed by atoms with E-state index >= 15 is 0 Å². The first-order valence-electron chi connectivity index (χ1n) is 5.80. The van der Waals surface area contributed by atoms with Crippen LogP contribution in [0.1, 0.15) is 6.92 Å². The van der Waals surface area contributed by atoms with E-state index in [1.807, 2.05) is 11.8 Å². The highest BCUT2D eigenvalue weighted by Crippen LogP contribution is 2.22. The minimum atomic E-state index is -3.13. The molecule has 0 spiro atoms. The van der Waals surface area contributed by atoms with Crippen LogP contribution in [0.4, 0.5) is 0 Å². The van der Waals surface area contributed by atoms with Gasteiger partial charge in [-0.15, -0.1) is 0 Å². The standard InChI is InChI=1S/C10H19NO5S/c1-7-2-11(3-8(4-12)16-7)9-5-17(14,15)6-10(9)13/h7-10,12-13H,2-6H2,1H3. The molecule has 2 rings (SSSR count). The maximum Gasteiger partial charge on any atom is 0.154 e. The van der Waals surface area contributed by atoms with Crippen molar-refractivity contribution in [2.24, 2.45) is 0 Å². The first-order chi connectivity index (χ1) is 7.91. The van der Waals surface area contributed by atoms with Gasteiger partial charge < -0.3 is 14.9 Å². The van der Waals surface area contributed by atoms with E-state index in [2.05, 4.69) is 0 Å². The molecular weight excluding hydrogens is 246 g/mol. The molecule has 0 radical (unpaired) electrons. The fraction of sp³-hybridized carbons (Fsp3) is 1.00. The van der Waals surface area contributed by atoms with Crippen molar-refractivity contribution in [2.75, 3.05) is 31.2 Å². The fourth-order valence-electron chi connectivity index (χ4n) is 2.61. The van der Waals surface area contributed by atoms with E-state index in [1.54, 1.807) is 0 Å². The third kappa shape index (κ3) is 2.97. The van der Waals surface area contributed by atoms with Gasteiger partial charge in [0.05, 0.1) is 42.5 Å². The SMILES string of the molecule is CC1CN(C2CS(=O)(=O)CC2O)CC(CO)O1. The van der Waals surface area contributed by atoms with Gasteiger partial charge in [0.15, 0.2) is 9.84 Å². The zero-order valence-corrected chi connectivity index (χ0v) is 10.6. The summed E-state index contributed by atoms with van der Waals surface area (Å²) in [6.45, 7) is 2.85. The van der Waals surface area contributed by atoms with Crippen LogP contribution < -0.4 is 0 Å². The summed E-state index contributed by atoms with van der Waals surface area (Å²) in [4.78, 5) is 1.92. The van der Waals surface area contributed by atoms with Crippen LogP contribution in [0.25, 0.3) is 0 Å². The monoisotopic (exact) mass is 265 g/mol. The van der Waals surface area contributed by atoms with Gasteiger partial charge in [0, 0.05) is 13.1 Å². The molecule has 0 aromatic carbocycles. The van der Waals surface area contributed by atoms with E-state index < -0.39 is 15.9 Å². The molecule has 2 heterocycles. The van der Waals surface area contributed by atoms with Gasteiger partial charge in [-0.1, -0.05) is 0 Å². The molecule has 4 atom stereocenters. The van der Waals surface area contributed by atoms with Crippen LogP contribution in [0.5, 0.6) is 0 Å². The molecule has 2 aliphatic rings. The summed E-state index contributed by atoms with van der Waals surface area (Å²) in [5.74, 6) is -0.160. The van der Waals surface area contributed by atoms with Gasteiger partial charge in [-0.25, -0.2) is 8.42 Å². The Kier molecular flexibility index (Phi) is 3.74. The van der Waals surface area contributed by atoms with Crippen molar-refractivity contribution in [1.82, 2.24) is 4.90 Å². The molecule has 0 amide bonds. The zero-order valence-electron chi connectivity index (χ0n) is 9.82. The topological polar surface area (TPSA) is 87.1 Å². The van der Waals surface area contributed by atoms with Crippen molar-refractivity contribution in [2.45, 2.75) is 31.3 Å². The summed E-state index contributed by atoms with van der Waals surface area (Å²) in [5.41, 5.74) is 0. The lowest BCUT2D eigenvalue weighted by atomic mass is 10.1. The lowest BCUT2D eigenvalue weighted by molar-refractivity contribution is -0.111. The maximum atomic E-state index is 11.5. The number of nitrogens with zero attached hydrogens (tertiary/aromatic N) is 1. The first-order valence-corrected chi connectivity index (χ1v) is 7.62. The molecule has 6 nitrogen and oxygen atoms in total. The van der Waals surface area contributed by atoms with Crippen molar-refractivity contribution >= 4 is 9.84 Å². The maximum absolute atomic E-state index is 11.5. The molecule has 17 heavy (non-hydrogen) atoms. The van der Waals surface area contributed by atoms with Crippen molar-refractivity contribution < 1.29 is 23.4 Å². The summed E-state index contributed by atoms with van der Waals surface area (Å²) < 4.78 is 28.4. The van der Waals surface area contributed by atoms with Crippen LogP contribution in [-0.2, 0) is 14.6 Å². The Morgan fingerprint density at radius 1 is 1.35 bits per heavy atom. The molecule has 0 aromatic heterocycles. The molecule has 2 N–H and O–H groups in total. The third-order valence-corrected chi connectivity index (χ3v) is 5.02. The van der Waals surface area contributed by atoms with Crippen LogP contribution >= 0.6 is 0 Å². The van der Waals surface area contributed by atoms with Crippen LogP contribution in [0, 0.1) is 0 Å². The number of rotatable bonds is 2. The molecule has 0 bridgehead atoms. The quantitative estimate of drug-likeness (QED) is 0.614. The van der Waals surface area contributed by atoms with E-state index in [0.717, 1.165) is 0 Å². The summed E-state index contributed by atoms with van der Waals surface area (Å²) in [6, 6.07) is -0.361. The average Bonchev–Trinajstić information content (AvgIpc) is 2.51. The Labute approximate surface area is 101 Å². The predicted molar refractivity (Wildman–Crippen MR) is 61.4 cm³/mol. The highest BCUT2D eigenvalue weighted by Gasteiger charge is 2.42. The van der Waals surface area contributed by atoms with Gasteiger partial charge in [0.1, 0.15) is 0 Å². The highest BCUT2D eigenvalue weighted by molar-refractivity contribution is 7.91. The van der Waals surface area contributed by atoms with E-state index in [9.17, 15) is 13.5 Å². The van der Waals surface area contributed by atoms with E-state index in [-0.39, 0.29) is 36.4 Å². The second kappa shape index (κ2) is 4.81. The highest BCUT2D eigenvalue weighted by atomic mass is 32.2. The molecule has 0 aliphatic carbocycles. The molecule has 2 saturated heterocycles. The van der Waals surface area contributed by atoms with Gasteiger partial charge in [0.2, 0.25) is 0 Å². The first kappa shape index (κ1) is 13.2. The average molecular weight is 265 g/mol. The Morgan fingerprint density at radius 2 is 2.06 bits per heavy atom. The number of hydrogen-bond donors (Lipinski definition) is 2. The zero-order chi connectivity index (χ0) is 12.6. The smallest absolute Gasteiger partial charge is 0.154 e. The van der Waals surface area contributed by atoms with Crippen LogP contribution in [0.3, 0.4) is 0 Å². The number of sulfone groups is 1. The van der Waals surface area contributed by atoms with Crippen molar-refractivity contribution in [3.8, 4) is 0 Å².